The highest BCUT2D eigenvalue weighted by Gasteiger charge is 2.28. The molecule has 3 heteroatoms. The molecule has 0 saturated heterocycles. The molecule has 0 radical (unpaired) electrons. The third kappa shape index (κ3) is 5.82. The SMILES string of the molecule is Cc1cc(C)c(C(c2c(C)cc(C)cc2C)c2ccc(N(c3cnccn3)c3ccc4ccccc4c3-c3ccccc3)c3ccccc23)c(C)c1. The summed E-state index contributed by atoms with van der Waals surface area (Å²) in [6, 6.07) is 46.7. The summed E-state index contributed by atoms with van der Waals surface area (Å²) < 4.78 is 0. The summed E-state index contributed by atoms with van der Waals surface area (Å²) in [6.07, 6.45) is 5.39. The third-order valence-corrected chi connectivity index (χ3v) is 10.5. The number of fused-ring (bicyclic) bond motifs is 2. The number of benzene rings is 7. The van der Waals surface area contributed by atoms with Crippen LogP contribution in [0.2, 0.25) is 0 Å². The second kappa shape index (κ2) is 13.6. The van der Waals surface area contributed by atoms with Crippen LogP contribution in [0.3, 0.4) is 0 Å². The van der Waals surface area contributed by atoms with Crippen molar-refractivity contribution < 1.29 is 0 Å². The van der Waals surface area contributed by atoms with Gasteiger partial charge < -0.3 is 0 Å². The first-order valence-corrected chi connectivity index (χ1v) is 18.1. The lowest BCUT2D eigenvalue weighted by atomic mass is 9.75. The Morgan fingerprint density at radius 2 is 1.06 bits per heavy atom. The minimum absolute atomic E-state index is 0.0469. The molecule has 0 unspecified atom stereocenters. The zero-order valence-corrected chi connectivity index (χ0v) is 30.8. The van der Waals surface area contributed by atoms with Crippen LogP contribution < -0.4 is 4.90 Å². The molecule has 1 aromatic heterocycles. The average molecular weight is 674 g/mol. The Morgan fingerprint density at radius 3 is 1.67 bits per heavy atom. The first kappa shape index (κ1) is 33.1. The maximum Gasteiger partial charge on any atom is 0.156 e. The molecule has 0 fully saturated rings. The van der Waals surface area contributed by atoms with Gasteiger partial charge in [-0.1, -0.05) is 126 Å². The molecule has 0 atom stereocenters. The van der Waals surface area contributed by atoms with Crippen molar-refractivity contribution in [3.8, 4) is 11.1 Å². The largest absolute Gasteiger partial charge is 0.292 e. The molecule has 0 aliphatic carbocycles. The van der Waals surface area contributed by atoms with E-state index in [2.05, 4.69) is 179 Å². The fourth-order valence-corrected chi connectivity index (χ4v) is 8.64. The summed E-state index contributed by atoms with van der Waals surface area (Å²) in [5, 5.41) is 4.77. The van der Waals surface area contributed by atoms with E-state index in [9.17, 15) is 0 Å². The van der Waals surface area contributed by atoms with Gasteiger partial charge in [-0.2, -0.15) is 0 Å². The van der Waals surface area contributed by atoms with E-state index in [1.165, 1.54) is 66.2 Å². The second-order valence-electron chi connectivity index (χ2n) is 14.2. The molecule has 3 nitrogen and oxygen atoms in total. The van der Waals surface area contributed by atoms with Crippen LogP contribution >= 0.6 is 0 Å². The quantitative estimate of drug-likeness (QED) is 0.158. The molecule has 1 heterocycles. The zero-order valence-electron chi connectivity index (χ0n) is 30.8. The van der Waals surface area contributed by atoms with E-state index in [1.807, 2.05) is 6.20 Å². The van der Waals surface area contributed by atoms with Gasteiger partial charge in [-0.3, -0.25) is 9.88 Å². The van der Waals surface area contributed by atoms with E-state index in [1.54, 1.807) is 12.4 Å². The summed E-state index contributed by atoms with van der Waals surface area (Å²) >= 11 is 0. The molecular formula is C49H43N3. The molecule has 0 N–H and O–H groups in total. The standard InChI is InChI=1S/C49H43N3/c1-31-26-33(3)46(34(4)27-31)49(47-35(5)28-32(2)29-36(47)6)42-21-23-43(41-19-13-12-18-40(41)42)52(45-30-50-24-25-51-45)44-22-20-37-14-10-11-17-39(37)48(44)38-15-8-7-9-16-38/h7-30,49H,1-6H3. The lowest BCUT2D eigenvalue weighted by Gasteiger charge is -2.31. The molecule has 7 aromatic carbocycles. The maximum absolute atomic E-state index is 4.93. The van der Waals surface area contributed by atoms with Crippen molar-refractivity contribution in [2.45, 2.75) is 47.5 Å². The molecule has 52 heavy (non-hydrogen) atoms. The molecule has 0 spiro atoms. The fraction of sp³-hybridized carbons (Fsp3) is 0.143. The third-order valence-electron chi connectivity index (χ3n) is 10.5. The molecule has 254 valence electrons. The summed E-state index contributed by atoms with van der Waals surface area (Å²) in [6.45, 7) is 13.5. The smallest absolute Gasteiger partial charge is 0.156 e. The number of nitrogens with zero attached hydrogens (tertiary/aromatic N) is 3. The first-order chi connectivity index (χ1) is 25.3. The zero-order chi connectivity index (χ0) is 35.9. The van der Waals surface area contributed by atoms with Gasteiger partial charge in [0.25, 0.3) is 0 Å². The Labute approximate surface area is 307 Å². The molecule has 0 aliphatic heterocycles. The van der Waals surface area contributed by atoms with Crippen LogP contribution in [0, 0.1) is 41.5 Å². The van der Waals surface area contributed by atoms with Gasteiger partial charge in [0.1, 0.15) is 0 Å². The maximum atomic E-state index is 4.93. The van der Waals surface area contributed by atoms with Crippen LogP contribution in [-0.4, -0.2) is 9.97 Å². The van der Waals surface area contributed by atoms with E-state index in [4.69, 9.17) is 4.98 Å². The van der Waals surface area contributed by atoms with Crippen molar-refractivity contribution >= 4 is 38.7 Å². The number of aryl methyl sites for hydroxylation is 6. The Morgan fingerprint density at radius 1 is 0.500 bits per heavy atom. The molecular weight excluding hydrogens is 631 g/mol. The van der Waals surface area contributed by atoms with Crippen LogP contribution in [0.5, 0.6) is 0 Å². The highest BCUT2D eigenvalue weighted by molar-refractivity contribution is 6.08. The minimum Gasteiger partial charge on any atom is -0.292 e. The Kier molecular flexibility index (Phi) is 8.64. The number of hydrogen-bond donors (Lipinski definition) is 0. The van der Waals surface area contributed by atoms with E-state index in [-0.39, 0.29) is 5.92 Å². The lowest BCUT2D eigenvalue weighted by molar-refractivity contribution is 0.928. The van der Waals surface area contributed by atoms with Gasteiger partial charge in [-0.05, 0) is 114 Å². The summed E-state index contributed by atoms with van der Waals surface area (Å²) in [7, 11) is 0. The lowest BCUT2D eigenvalue weighted by Crippen LogP contribution is -2.15. The number of rotatable bonds is 7. The molecule has 0 aliphatic rings. The van der Waals surface area contributed by atoms with Crippen LogP contribution in [0.25, 0.3) is 32.7 Å². The van der Waals surface area contributed by atoms with Gasteiger partial charge in [0.15, 0.2) is 5.82 Å². The predicted octanol–water partition coefficient (Wildman–Crippen LogP) is 13.0. The Hall–Kier alpha value is -6.06. The van der Waals surface area contributed by atoms with Gasteiger partial charge in [0, 0.05) is 29.3 Å². The predicted molar refractivity (Wildman–Crippen MR) is 219 cm³/mol. The van der Waals surface area contributed by atoms with Crippen molar-refractivity contribution in [2.75, 3.05) is 4.90 Å². The fourth-order valence-electron chi connectivity index (χ4n) is 8.64. The molecule has 0 saturated carbocycles. The number of aromatic nitrogens is 2. The van der Waals surface area contributed by atoms with Crippen molar-refractivity contribution in [3.05, 3.63) is 196 Å². The van der Waals surface area contributed by atoms with Crippen molar-refractivity contribution in [1.29, 1.82) is 0 Å². The average Bonchev–Trinajstić information content (AvgIpc) is 3.14. The minimum atomic E-state index is 0.0469. The van der Waals surface area contributed by atoms with Crippen molar-refractivity contribution in [2.24, 2.45) is 0 Å². The normalized spacial score (nSPS) is 11.4. The highest BCUT2D eigenvalue weighted by atomic mass is 15.2. The van der Waals surface area contributed by atoms with Gasteiger partial charge in [0.2, 0.25) is 0 Å². The first-order valence-electron chi connectivity index (χ1n) is 18.1. The second-order valence-corrected chi connectivity index (χ2v) is 14.2. The van der Waals surface area contributed by atoms with E-state index in [0.717, 1.165) is 33.7 Å². The van der Waals surface area contributed by atoms with Gasteiger partial charge in [0.05, 0.1) is 17.6 Å². The topological polar surface area (TPSA) is 29.0 Å². The Balaban J connectivity index is 1.45. The number of anilines is 3. The van der Waals surface area contributed by atoms with Crippen LogP contribution in [0.15, 0.2) is 146 Å². The summed E-state index contributed by atoms with van der Waals surface area (Å²) in [5.41, 5.74) is 16.3. The Bertz CT molecular complexity index is 2480. The highest BCUT2D eigenvalue weighted by Crippen LogP contribution is 2.48. The molecule has 0 amide bonds. The number of hydrogen-bond acceptors (Lipinski definition) is 3. The summed E-state index contributed by atoms with van der Waals surface area (Å²) in [4.78, 5) is 11.8. The van der Waals surface area contributed by atoms with E-state index in [0.29, 0.717) is 0 Å². The monoisotopic (exact) mass is 673 g/mol. The van der Waals surface area contributed by atoms with Gasteiger partial charge >= 0.3 is 0 Å². The summed E-state index contributed by atoms with van der Waals surface area (Å²) in [5.74, 6) is 0.811. The van der Waals surface area contributed by atoms with Crippen molar-refractivity contribution in [1.82, 2.24) is 9.97 Å². The molecule has 0 bridgehead atoms. The van der Waals surface area contributed by atoms with Crippen LogP contribution in [0.1, 0.15) is 56.0 Å². The van der Waals surface area contributed by atoms with Crippen LogP contribution in [-0.2, 0) is 0 Å². The molecule has 8 aromatic rings. The van der Waals surface area contributed by atoms with Crippen LogP contribution in [0.4, 0.5) is 17.2 Å². The van der Waals surface area contributed by atoms with E-state index >= 15 is 0 Å². The van der Waals surface area contributed by atoms with E-state index < -0.39 is 0 Å². The molecule has 8 rings (SSSR count). The van der Waals surface area contributed by atoms with Gasteiger partial charge in [-0.25, -0.2) is 4.98 Å². The van der Waals surface area contributed by atoms with Crippen molar-refractivity contribution in [3.63, 3.8) is 0 Å². The van der Waals surface area contributed by atoms with Gasteiger partial charge in [-0.15, -0.1) is 0 Å².